The van der Waals surface area contributed by atoms with Crippen molar-refractivity contribution in [3.63, 3.8) is 0 Å². The lowest BCUT2D eigenvalue weighted by molar-refractivity contribution is -0.134. The largest absolute Gasteiger partial charge is 0.347 e. The van der Waals surface area contributed by atoms with Crippen molar-refractivity contribution >= 4 is 22.7 Å². The average Bonchev–Trinajstić information content (AvgIpc) is 2.75. The minimum absolute atomic E-state index is 0.114. The van der Waals surface area contributed by atoms with Gasteiger partial charge in [0, 0.05) is 31.2 Å². The first-order valence-corrected chi connectivity index (χ1v) is 6.95. The second kappa shape index (κ2) is 5.99. The highest BCUT2D eigenvalue weighted by molar-refractivity contribution is 5.89. The number of amides is 2. The van der Waals surface area contributed by atoms with Crippen molar-refractivity contribution in [2.45, 2.75) is 26.4 Å². The van der Waals surface area contributed by atoms with E-state index < -0.39 is 6.04 Å². The summed E-state index contributed by atoms with van der Waals surface area (Å²) in [7, 11) is 3.35. The molecule has 1 heterocycles. The van der Waals surface area contributed by atoms with Crippen LogP contribution in [0.25, 0.3) is 10.9 Å². The molecule has 0 aliphatic heterocycles. The molecule has 2 amide bonds. The van der Waals surface area contributed by atoms with Gasteiger partial charge >= 0.3 is 0 Å². The van der Waals surface area contributed by atoms with E-state index in [1.165, 1.54) is 4.90 Å². The molecule has 2 aromatic rings. The Labute approximate surface area is 124 Å². The second-order valence-electron chi connectivity index (χ2n) is 5.48. The molecule has 0 saturated heterocycles. The van der Waals surface area contributed by atoms with Gasteiger partial charge in [0.05, 0.1) is 0 Å². The van der Waals surface area contributed by atoms with Gasteiger partial charge in [0.2, 0.25) is 11.8 Å². The van der Waals surface area contributed by atoms with Crippen LogP contribution < -0.4 is 5.32 Å². The van der Waals surface area contributed by atoms with E-state index in [9.17, 15) is 9.59 Å². The SMILES string of the molecule is Cc1cn(CC(=O)NC(C)C(=O)N(C)C)c2ccccc12. The number of aromatic nitrogens is 1. The summed E-state index contributed by atoms with van der Waals surface area (Å²) >= 11 is 0. The van der Waals surface area contributed by atoms with Crippen molar-refractivity contribution in [3.8, 4) is 0 Å². The molecule has 1 aromatic carbocycles. The van der Waals surface area contributed by atoms with Gasteiger partial charge in [-0.25, -0.2) is 0 Å². The molecule has 0 bridgehead atoms. The summed E-state index contributed by atoms with van der Waals surface area (Å²) < 4.78 is 1.91. The zero-order valence-electron chi connectivity index (χ0n) is 12.9. The van der Waals surface area contributed by atoms with Crippen LogP contribution in [0.3, 0.4) is 0 Å². The van der Waals surface area contributed by atoms with Crippen LogP contribution in [0.5, 0.6) is 0 Å². The summed E-state index contributed by atoms with van der Waals surface area (Å²) in [4.78, 5) is 25.3. The zero-order valence-corrected chi connectivity index (χ0v) is 12.9. The van der Waals surface area contributed by atoms with E-state index in [1.807, 2.05) is 42.0 Å². The summed E-state index contributed by atoms with van der Waals surface area (Å²) in [5.41, 5.74) is 2.16. The van der Waals surface area contributed by atoms with E-state index in [2.05, 4.69) is 5.32 Å². The number of hydrogen-bond donors (Lipinski definition) is 1. The van der Waals surface area contributed by atoms with Gasteiger partial charge in [-0.15, -0.1) is 0 Å². The number of carbonyl (C=O) groups is 2. The quantitative estimate of drug-likeness (QED) is 0.927. The fourth-order valence-electron chi connectivity index (χ4n) is 2.45. The van der Waals surface area contributed by atoms with Crippen LogP contribution in [-0.2, 0) is 16.1 Å². The number of nitrogens with zero attached hydrogens (tertiary/aromatic N) is 2. The number of nitrogens with one attached hydrogen (secondary N) is 1. The number of likely N-dealkylation sites (N-methyl/N-ethyl adjacent to an activating group) is 1. The molecule has 21 heavy (non-hydrogen) atoms. The maximum Gasteiger partial charge on any atom is 0.244 e. The first-order chi connectivity index (χ1) is 9.90. The highest BCUT2D eigenvalue weighted by Crippen LogP contribution is 2.20. The van der Waals surface area contributed by atoms with Crippen LogP contribution in [0.2, 0.25) is 0 Å². The molecule has 0 aliphatic carbocycles. The van der Waals surface area contributed by atoms with Gasteiger partial charge in [-0.3, -0.25) is 9.59 Å². The number of hydrogen-bond acceptors (Lipinski definition) is 2. The van der Waals surface area contributed by atoms with Crippen molar-refractivity contribution in [3.05, 3.63) is 36.0 Å². The number of carbonyl (C=O) groups excluding carboxylic acids is 2. The van der Waals surface area contributed by atoms with E-state index in [0.29, 0.717) is 0 Å². The first kappa shape index (κ1) is 15.1. The normalized spacial score (nSPS) is 12.2. The van der Waals surface area contributed by atoms with Crippen LogP contribution in [0.4, 0.5) is 0 Å². The summed E-state index contributed by atoms with van der Waals surface area (Å²) in [6.45, 7) is 3.92. The third-order valence-corrected chi connectivity index (χ3v) is 3.49. The lowest BCUT2D eigenvalue weighted by atomic mass is 10.2. The van der Waals surface area contributed by atoms with Crippen LogP contribution in [0.15, 0.2) is 30.5 Å². The Morgan fingerprint density at radius 3 is 2.62 bits per heavy atom. The van der Waals surface area contributed by atoms with Gasteiger partial charge in [0.15, 0.2) is 0 Å². The van der Waals surface area contributed by atoms with Crippen molar-refractivity contribution in [1.82, 2.24) is 14.8 Å². The summed E-state index contributed by atoms with van der Waals surface area (Å²) in [6, 6.07) is 7.45. The third kappa shape index (κ3) is 3.24. The van der Waals surface area contributed by atoms with Crippen LogP contribution in [0, 0.1) is 6.92 Å². The molecular formula is C16H21N3O2. The van der Waals surface area contributed by atoms with Gasteiger partial charge in [-0.2, -0.15) is 0 Å². The number of aryl methyl sites for hydroxylation is 1. The number of rotatable bonds is 4. The van der Waals surface area contributed by atoms with E-state index >= 15 is 0 Å². The standard InChI is InChI=1S/C16H21N3O2/c1-11-9-19(14-8-6-5-7-13(11)14)10-15(20)17-12(2)16(21)18(3)4/h5-9,12H,10H2,1-4H3,(H,17,20). The van der Waals surface area contributed by atoms with Crippen LogP contribution in [-0.4, -0.2) is 41.4 Å². The molecule has 1 unspecified atom stereocenters. The topological polar surface area (TPSA) is 54.3 Å². The predicted octanol–water partition coefficient (Wildman–Crippen LogP) is 1.54. The molecule has 1 atom stereocenters. The fourth-order valence-corrected chi connectivity index (χ4v) is 2.45. The molecule has 5 heteroatoms. The molecule has 0 radical (unpaired) electrons. The fraction of sp³-hybridized carbons (Fsp3) is 0.375. The Bertz CT molecular complexity index is 673. The average molecular weight is 287 g/mol. The third-order valence-electron chi connectivity index (χ3n) is 3.49. The molecule has 1 N–H and O–H groups in total. The molecule has 112 valence electrons. The molecule has 2 rings (SSSR count). The van der Waals surface area contributed by atoms with E-state index in [-0.39, 0.29) is 18.4 Å². The van der Waals surface area contributed by atoms with Crippen molar-refractivity contribution in [2.24, 2.45) is 0 Å². The summed E-state index contributed by atoms with van der Waals surface area (Å²) in [5.74, 6) is -0.282. The number of fused-ring (bicyclic) bond motifs is 1. The number of benzene rings is 1. The minimum Gasteiger partial charge on any atom is -0.347 e. The molecule has 0 spiro atoms. The highest BCUT2D eigenvalue weighted by atomic mass is 16.2. The first-order valence-electron chi connectivity index (χ1n) is 6.95. The van der Waals surface area contributed by atoms with E-state index in [1.54, 1.807) is 21.0 Å². The lowest BCUT2D eigenvalue weighted by Gasteiger charge is -2.18. The van der Waals surface area contributed by atoms with Gasteiger partial charge in [-0.1, -0.05) is 18.2 Å². The smallest absolute Gasteiger partial charge is 0.244 e. The van der Waals surface area contributed by atoms with Gasteiger partial charge in [0.1, 0.15) is 12.6 Å². The Morgan fingerprint density at radius 2 is 1.95 bits per heavy atom. The van der Waals surface area contributed by atoms with Gasteiger partial charge < -0.3 is 14.8 Å². The van der Waals surface area contributed by atoms with E-state index in [4.69, 9.17) is 0 Å². The second-order valence-corrected chi connectivity index (χ2v) is 5.48. The molecule has 0 aliphatic rings. The van der Waals surface area contributed by atoms with Crippen molar-refractivity contribution < 1.29 is 9.59 Å². The van der Waals surface area contributed by atoms with Crippen LogP contribution >= 0.6 is 0 Å². The Kier molecular flexibility index (Phi) is 4.31. The molecule has 0 saturated carbocycles. The highest BCUT2D eigenvalue weighted by Gasteiger charge is 2.17. The summed E-state index contributed by atoms with van der Waals surface area (Å²) in [6.07, 6.45) is 1.96. The van der Waals surface area contributed by atoms with Gasteiger partial charge in [0.25, 0.3) is 0 Å². The Hall–Kier alpha value is -2.30. The monoisotopic (exact) mass is 287 g/mol. The van der Waals surface area contributed by atoms with Crippen molar-refractivity contribution in [1.29, 1.82) is 0 Å². The van der Waals surface area contributed by atoms with E-state index in [0.717, 1.165) is 16.5 Å². The minimum atomic E-state index is -0.518. The van der Waals surface area contributed by atoms with Crippen molar-refractivity contribution in [2.75, 3.05) is 14.1 Å². The molecule has 0 fully saturated rings. The Morgan fingerprint density at radius 1 is 1.29 bits per heavy atom. The number of para-hydroxylation sites is 1. The van der Waals surface area contributed by atoms with Gasteiger partial charge in [-0.05, 0) is 25.5 Å². The Balaban J connectivity index is 2.10. The lowest BCUT2D eigenvalue weighted by Crippen LogP contribution is -2.45. The predicted molar refractivity (Wildman–Crippen MR) is 83.0 cm³/mol. The molecule has 5 nitrogen and oxygen atoms in total. The summed E-state index contributed by atoms with van der Waals surface area (Å²) in [5, 5.41) is 3.87. The maximum absolute atomic E-state index is 12.1. The molecular weight excluding hydrogens is 266 g/mol. The zero-order chi connectivity index (χ0) is 15.6. The molecule has 1 aromatic heterocycles. The maximum atomic E-state index is 12.1. The van der Waals surface area contributed by atoms with Crippen LogP contribution in [0.1, 0.15) is 12.5 Å².